The van der Waals surface area contributed by atoms with Gasteiger partial charge >= 0.3 is 5.97 Å². The summed E-state index contributed by atoms with van der Waals surface area (Å²) < 4.78 is 10.6. The summed E-state index contributed by atoms with van der Waals surface area (Å²) in [5.41, 5.74) is 4.41. The molecule has 1 aromatic heterocycles. The van der Waals surface area contributed by atoms with E-state index in [-0.39, 0.29) is 18.3 Å². The molecule has 2 heterocycles. The number of allylic oxidation sites excluding steroid dienone is 3. The second-order valence-electron chi connectivity index (χ2n) is 7.77. The number of carbonyl (C=O) groups excluding carboxylic acids is 2. The quantitative estimate of drug-likeness (QED) is 0.739. The van der Waals surface area contributed by atoms with Gasteiger partial charge in [0.1, 0.15) is 5.75 Å². The van der Waals surface area contributed by atoms with E-state index in [1.807, 2.05) is 49.4 Å². The molecule has 31 heavy (non-hydrogen) atoms. The van der Waals surface area contributed by atoms with Gasteiger partial charge in [0.25, 0.3) is 0 Å². The Morgan fingerprint density at radius 3 is 2.58 bits per heavy atom. The van der Waals surface area contributed by atoms with E-state index in [0.29, 0.717) is 35.4 Å². The van der Waals surface area contributed by atoms with Crippen LogP contribution in [0.2, 0.25) is 0 Å². The standard InChI is InChI=1S/C25H26N2O4/c1-4-31-25(29)22-15(2)27-20-13-17(16-8-10-18(30-3)11-9-16)14-21(28)23(20)24(22)19-7-5-6-12-26-19/h5-12,17,24,27H,4,13-14H2,1-3H3. The van der Waals surface area contributed by atoms with Gasteiger partial charge in [0.15, 0.2) is 5.78 Å². The molecule has 2 atom stereocenters. The molecule has 0 spiro atoms. The molecule has 4 rings (SSSR count). The third-order valence-electron chi connectivity index (χ3n) is 5.89. The van der Waals surface area contributed by atoms with E-state index in [1.54, 1.807) is 20.2 Å². The van der Waals surface area contributed by atoms with E-state index in [9.17, 15) is 9.59 Å². The van der Waals surface area contributed by atoms with Gasteiger partial charge in [-0.2, -0.15) is 0 Å². The number of benzene rings is 1. The van der Waals surface area contributed by atoms with Crippen LogP contribution >= 0.6 is 0 Å². The summed E-state index contributed by atoms with van der Waals surface area (Å²) in [6, 6.07) is 13.4. The van der Waals surface area contributed by atoms with Crippen molar-refractivity contribution < 1.29 is 19.1 Å². The van der Waals surface area contributed by atoms with Gasteiger partial charge in [0, 0.05) is 29.6 Å². The Morgan fingerprint density at radius 1 is 1.16 bits per heavy atom. The summed E-state index contributed by atoms with van der Waals surface area (Å²) in [7, 11) is 1.64. The molecule has 2 aromatic rings. The maximum atomic E-state index is 13.4. The number of hydrogen-bond acceptors (Lipinski definition) is 6. The number of hydrogen-bond donors (Lipinski definition) is 1. The van der Waals surface area contributed by atoms with Crippen molar-refractivity contribution in [2.24, 2.45) is 0 Å². The van der Waals surface area contributed by atoms with Crippen molar-refractivity contribution in [3.63, 3.8) is 0 Å². The third kappa shape index (κ3) is 3.98. The fraction of sp³-hybridized carbons (Fsp3) is 0.320. The predicted octanol–water partition coefficient (Wildman–Crippen LogP) is 4.01. The van der Waals surface area contributed by atoms with Crippen LogP contribution < -0.4 is 10.1 Å². The largest absolute Gasteiger partial charge is 0.497 e. The molecule has 0 amide bonds. The van der Waals surface area contributed by atoms with Gasteiger partial charge in [-0.05, 0) is 56.0 Å². The van der Waals surface area contributed by atoms with Gasteiger partial charge in [-0.25, -0.2) is 4.79 Å². The zero-order valence-electron chi connectivity index (χ0n) is 18.0. The van der Waals surface area contributed by atoms with Crippen LogP contribution in [0.5, 0.6) is 5.75 Å². The Kier molecular flexibility index (Phi) is 5.89. The Hall–Kier alpha value is -3.41. The number of nitrogens with zero attached hydrogens (tertiary/aromatic N) is 1. The molecule has 0 saturated heterocycles. The van der Waals surface area contributed by atoms with Gasteiger partial charge in [-0.1, -0.05) is 18.2 Å². The number of Topliss-reactive ketones (excluding diaryl/α,β-unsaturated/α-hetero) is 1. The molecular formula is C25H26N2O4. The van der Waals surface area contributed by atoms with E-state index < -0.39 is 11.9 Å². The average Bonchev–Trinajstić information content (AvgIpc) is 2.78. The van der Waals surface area contributed by atoms with E-state index in [2.05, 4.69) is 10.3 Å². The number of ketones is 1. The highest BCUT2D eigenvalue weighted by atomic mass is 16.5. The van der Waals surface area contributed by atoms with E-state index in [0.717, 1.165) is 17.0 Å². The molecule has 2 unspecified atom stereocenters. The molecule has 160 valence electrons. The minimum atomic E-state index is -0.527. The normalized spacial score (nSPS) is 20.8. The topological polar surface area (TPSA) is 77.5 Å². The highest BCUT2D eigenvalue weighted by Gasteiger charge is 2.41. The van der Waals surface area contributed by atoms with Crippen LogP contribution in [0.25, 0.3) is 0 Å². The predicted molar refractivity (Wildman–Crippen MR) is 116 cm³/mol. The van der Waals surface area contributed by atoms with Crippen LogP contribution in [0.1, 0.15) is 49.8 Å². The minimum absolute atomic E-state index is 0.0273. The van der Waals surface area contributed by atoms with Crippen LogP contribution in [0, 0.1) is 0 Å². The molecule has 6 nitrogen and oxygen atoms in total. The Morgan fingerprint density at radius 2 is 1.94 bits per heavy atom. The number of aromatic nitrogens is 1. The lowest BCUT2D eigenvalue weighted by atomic mass is 9.73. The highest BCUT2D eigenvalue weighted by molar-refractivity contribution is 6.04. The van der Waals surface area contributed by atoms with Crippen molar-refractivity contribution in [3.8, 4) is 5.75 Å². The maximum Gasteiger partial charge on any atom is 0.336 e. The zero-order chi connectivity index (χ0) is 22.0. The van der Waals surface area contributed by atoms with Gasteiger partial charge in [0.2, 0.25) is 0 Å². The van der Waals surface area contributed by atoms with Gasteiger partial charge in [-0.15, -0.1) is 0 Å². The second-order valence-corrected chi connectivity index (χ2v) is 7.77. The molecule has 1 aliphatic heterocycles. The van der Waals surface area contributed by atoms with Crippen molar-refractivity contribution >= 4 is 11.8 Å². The molecule has 2 aliphatic rings. The first kappa shape index (κ1) is 20.8. The summed E-state index contributed by atoms with van der Waals surface area (Å²) in [4.78, 5) is 30.7. The van der Waals surface area contributed by atoms with Crippen molar-refractivity contribution in [2.75, 3.05) is 13.7 Å². The monoisotopic (exact) mass is 418 g/mol. The summed E-state index contributed by atoms with van der Waals surface area (Å²) in [6.07, 6.45) is 2.75. The molecule has 0 saturated carbocycles. The Labute approximate surface area is 182 Å². The Bertz CT molecular complexity index is 1050. The van der Waals surface area contributed by atoms with Crippen molar-refractivity contribution in [1.29, 1.82) is 0 Å². The van der Waals surface area contributed by atoms with Crippen LogP contribution in [-0.4, -0.2) is 30.5 Å². The number of ether oxygens (including phenoxy) is 2. The first-order valence-corrected chi connectivity index (χ1v) is 10.5. The molecule has 1 N–H and O–H groups in total. The number of esters is 1. The average molecular weight is 418 g/mol. The molecule has 0 fully saturated rings. The second kappa shape index (κ2) is 8.76. The van der Waals surface area contributed by atoms with E-state index >= 15 is 0 Å². The van der Waals surface area contributed by atoms with Crippen LogP contribution in [-0.2, 0) is 14.3 Å². The smallest absolute Gasteiger partial charge is 0.336 e. The lowest BCUT2D eigenvalue weighted by Gasteiger charge is -2.36. The first-order chi connectivity index (χ1) is 15.0. The number of nitrogens with one attached hydrogen (secondary N) is 1. The summed E-state index contributed by atoms with van der Waals surface area (Å²) in [5, 5.41) is 3.35. The molecular weight excluding hydrogens is 392 g/mol. The molecule has 0 bridgehead atoms. The van der Waals surface area contributed by atoms with Crippen LogP contribution in [0.3, 0.4) is 0 Å². The number of dihydropyridines is 1. The van der Waals surface area contributed by atoms with E-state index in [4.69, 9.17) is 9.47 Å². The number of methoxy groups -OCH3 is 1. The summed E-state index contributed by atoms with van der Waals surface area (Å²) >= 11 is 0. The fourth-order valence-electron chi connectivity index (χ4n) is 4.47. The van der Waals surface area contributed by atoms with Gasteiger partial charge in [-0.3, -0.25) is 9.78 Å². The Balaban J connectivity index is 1.75. The molecule has 6 heteroatoms. The number of carbonyl (C=O) groups is 2. The lowest BCUT2D eigenvalue weighted by molar-refractivity contribution is -0.138. The maximum absolute atomic E-state index is 13.4. The molecule has 1 aliphatic carbocycles. The van der Waals surface area contributed by atoms with Crippen molar-refractivity contribution in [3.05, 3.63) is 82.5 Å². The fourth-order valence-corrected chi connectivity index (χ4v) is 4.47. The number of rotatable bonds is 5. The lowest BCUT2D eigenvalue weighted by Crippen LogP contribution is -2.36. The van der Waals surface area contributed by atoms with Crippen LogP contribution in [0.15, 0.2) is 71.2 Å². The zero-order valence-corrected chi connectivity index (χ0v) is 18.0. The first-order valence-electron chi connectivity index (χ1n) is 10.5. The third-order valence-corrected chi connectivity index (χ3v) is 5.89. The van der Waals surface area contributed by atoms with Gasteiger partial charge < -0.3 is 14.8 Å². The number of pyridine rings is 1. The highest BCUT2D eigenvalue weighted by Crippen LogP contribution is 2.45. The summed E-state index contributed by atoms with van der Waals surface area (Å²) in [6.45, 7) is 3.90. The van der Waals surface area contributed by atoms with Crippen molar-refractivity contribution in [1.82, 2.24) is 10.3 Å². The van der Waals surface area contributed by atoms with Crippen LogP contribution in [0.4, 0.5) is 0 Å². The molecule has 1 aromatic carbocycles. The van der Waals surface area contributed by atoms with E-state index in [1.165, 1.54) is 0 Å². The molecule has 0 radical (unpaired) electrons. The SMILES string of the molecule is CCOC(=O)C1=C(C)NC2=C(C(=O)CC(c3ccc(OC)cc3)C2)C1c1ccccn1. The summed E-state index contributed by atoms with van der Waals surface area (Å²) in [5.74, 6) is -0.0687. The minimum Gasteiger partial charge on any atom is -0.497 e. The van der Waals surface area contributed by atoms with Crippen molar-refractivity contribution in [2.45, 2.75) is 38.5 Å². The van der Waals surface area contributed by atoms with Gasteiger partial charge in [0.05, 0.1) is 30.9 Å².